The van der Waals surface area contributed by atoms with E-state index in [1.165, 1.54) is 22.3 Å². The van der Waals surface area contributed by atoms with Crippen molar-refractivity contribution in [2.45, 2.75) is 33.4 Å². The molecule has 0 saturated heterocycles. The van der Waals surface area contributed by atoms with Crippen molar-refractivity contribution in [2.75, 3.05) is 0 Å². The van der Waals surface area contributed by atoms with E-state index in [4.69, 9.17) is 0 Å². The number of hydrogen-bond acceptors (Lipinski definition) is 1. The summed E-state index contributed by atoms with van der Waals surface area (Å²) in [6, 6.07) is 32.2. The topological polar surface area (TPSA) is 3.24 Å². The standard InChI is InChI=1S/C26H29N/c1-22(2)18-26(25-16-10-5-11-17-25)21-27(19-23-12-6-3-7-13-23)20-24-14-8-4-9-15-24/h3-17,21-22H,18-20H2,1-2H3. The van der Waals surface area contributed by atoms with Crippen LogP contribution >= 0.6 is 0 Å². The van der Waals surface area contributed by atoms with Gasteiger partial charge in [0.2, 0.25) is 0 Å². The van der Waals surface area contributed by atoms with Gasteiger partial charge in [0.05, 0.1) is 0 Å². The Labute approximate surface area is 164 Å². The van der Waals surface area contributed by atoms with Gasteiger partial charge in [0.1, 0.15) is 0 Å². The van der Waals surface area contributed by atoms with E-state index >= 15 is 0 Å². The Balaban J connectivity index is 1.92. The number of nitrogens with zero attached hydrogens (tertiary/aromatic N) is 1. The molecule has 0 radical (unpaired) electrons. The van der Waals surface area contributed by atoms with E-state index in [0.29, 0.717) is 5.92 Å². The Morgan fingerprint density at radius 3 is 1.59 bits per heavy atom. The van der Waals surface area contributed by atoms with Gasteiger partial charge in [-0.15, -0.1) is 0 Å². The molecule has 0 unspecified atom stereocenters. The number of allylic oxidation sites excluding steroid dienone is 1. The molecule has 0 fully saturated rings. The molecule has 0 aromatic heterocycles. The summed E-state index contributed by atoms with van der Waals surface area (Å²) in [7, 11) is 0. The van der Waals surface area contributed by atoms with Gasteiger partial charge in [0.15, 0.2) is 0 Å². The van der Waals surface area contributed by atoms with Crippen LogP contribution < -0.4 is 0 Å². The lowest BCUT2D eigenvalue weighted by Crippen LogP contribution is -2.17. The maximum Gasteiger partial charge on any atom is 0.0427 e. The van der Waals surface area contributed by atoms with E-state index in [9.17, 15) is 0 Å². The van der Waals surface area contributed by atoms with Crippen LogP contribution in [0, 0.1) is 5.92 Å². The van der Waals surface area contributed by atoms with E-state index in [1.54, 1.807) is 0 Å². The zero-order valence-electron chi connectivity index (χ0n) is 16.4. The molecule has 1 heteroatoms. The molecule has 3 aromatic carbocycles. The zero-order valence-corrected chi connectivity index (χ0v) is 16.4. The lowest BCUT2D eigenvalue weighted by molar-refractivity contribution is 0.362. The first kappa shape index (κ1) is 19.0. The molecule has 0 heterocycles. The summed E-state index contributed by atoms with van der Waals surface area (Å²) in [4.78, 5) is 2.44. The SMILES string of the molecule is CC(C)CC(=CN(Cc1ccccc1)Cc1ccccc1)c1ccccc1. The van der Waals surface area contributed by atoms with E-state index in [-0.39, 0.29) is 0 Å². The maximum absolute atomic E-state index is 2.44. The molecule has 0 atom stereocenters. The maximum atomic E-state index is 2.44. The molecule has 3 aromatic rings. The third-order valence-electron chi connectivity index (χ3n) is 4.57. The first-order valence-electron chi connectivity index (χ1n) is 9.78. The van der Waals surface area contributed by atoms with Crippen LogP contribution in [0.3, 0.4) is 0 Å². The monoisotopic (exact) mass is 355 g/mol. The molecule has 0 spiro atoms. The van der Waals surface area contributed by atoms with Gasteiger partial charge in [0.25, 0.3) is 0 Å². The fourth-order valence-electron chi connectivity index (χ4n) is 3.34. The first-order valence-corrected chi connectivity index (χ1v) is 9.78. The Hall–Kier alpha value is -2.80. The van der Waals surface area contributed by atoms with Gasteiger partial charge < -0.3 is 4.90 Å². The molecule has 0 aliphatic rings. The van der Waals surface area contributed by atoms with Crippen LogP contribution in [0.2, 0.25) is 0 Å². The van der Waals surface area contributed by atoms with E-state index in [0.717, 1.165) is 19.5 Å². The summed E-state index contributed by atoms with van der Waals surface area (Å²) in [5.74, 6) is 0.617. The summed E-state index contributed by atoms with van der Waals surface area (Å²) >= 11 is 0. The highest BCUT2D eigenvalue weighted by molar-refractivity contribution is 5.65. The second-order valence-electron chi connectivity index (χ2n) is 7.49. The zero-order chi connectivity index (χ0) is 18.9. The molecule has 0 saturated carbocycles. The number of benzene rings is 3. The molecule has 27 heavy (non-hydrogen) atoms. The Morgan fingerprint density at radius 1 is 0.704 bits per heavy atom. The molecule has 0 bridgehead atoms. The predicted molar refractivity (Wildman–Crippen MR) is 116 cm³/mol. The Bertz CT molecular complexity index is 778. The minimum absolute atomic E-state index is 0.617. The minimum atomic E-state index is 0.617. The van der Waals surface area contributed by atoms with Crippen molar-refractivity contribution in [3.63, 3.8) is 0 Å². The van der Waals surface area contributed by atoms with Gasteiger partial charge >= 0.3 is 0 Å². The van der Waals surface area contributed by atoms with Gasteiger partial charge in [-0.2, -0.15) is 0 Å². The third kappa shape index (κ3) is 6.14. The number of hydrogen-bond donors (Lipinski definition) is 0. The molecule has 0 aliphatic carbocycles. The largest absolute Gasteiger partial charge is 0.369 e. The van der Waals surface area contributed by atoms with E-state index in [2.05, 4.69) is 116 Å². The van der Waals surface area contributed by atoms with Crippen LogP contribution in [0.5, 0.6) is 0 Å². The highest BCUT2D eigenvalue weighted by atomic mass is 15.1. The predicted octanol–water partition coefficient (Wildman–Crippen LogP) is 6.78. The lowest BCUT2D eigenvalue weighted by Gasteiger charge is -2.24. The van der Waals surface area contributed by atoms with Crippen molar-refractivity contribution in [1.82, 2.24) is 4.90 Å². The summed E-state index contributed by atoms with van der Waals surface area (Å²) in [5.41, 5.74) is 5.39. The van der Waals surface area contributed by atoms with Crippen LogP contribution in [0.15, 0.2) is 97.2 Å². The molecule has 3 rings (SSSR count). The van der Waals surface area contributed by atoms with Crippen molar-refractivity contribution in [1.29, 1.82) is 0 Å². The molecular weight excluding hydrogens is 326 g/mol. The highest BCUT2D eigenvalue weighted by Gasteiger charge is 2.09. The van der Waals surface area contributed by atoms with Gasteiger partial charge in [-0.25, -0.2) is 0 Å². The fraction of sp³-hybridized carbons (Fsp3) is 0.231. The smallest absolute Gasteiger partial charge is 0.0427 e. The fourth-order valence-corrected chi connectivity index (χ4v) is 3.34. The van der Waals surface area contributed by atoms with Crippen LogP contribution in [0.4, 0.5) is 0 Å². The van der Waals surface area contributed by atoms with Gasteiger partial charge in [-0.05, 0) is 34.6 Å². The second-order valence-corrected chi connectivity index (χ2v) is 7.49. The van der Waals surface area contributed by atoms with Gasteiger partial charge in [-0.1, -0.05) is 105 Å². The molecule has 0 N–H and O–H groups in total. The van der Waals surface area contributed by atoms with E-state index in [1.807, 2.05) is 0 Å². The van der Waals surface area contributed by atoms with Gasteiger partial charge in [-0.3, -0.25) is 0 Å². The van der Waals surface area contributed by atoms with Crippen molar-refractivity contribution < 1.29 is 0 Å². The van der Waals surface area contributed by atoms with Crippen LogP contribution in [-0.2, 0) is 13.1 Å². The van der Waals surface area contributed by atoms with Crippen molar-refractivity contribution in [3.05, 3.63) is 114 Å². The second kappa shape index (κ2) is 9.78. The average Bonchev–Trinajstić information content (AvgIpc) is 2.69. The number of rotatable bonds is 8. The molecular formula is C26H29N. The summed E-state index contributed by atoms with van der Waals surface area (Å²) < 4.78 is 0. The molecule has 0 amide bonds. The summed E-state index contributed by atoms with van der Waals surface area (Å²) in [5, 5.41) is 0. The third-order valence-corrected chi connectivity index (χ3v) is 4.57. The van der Waals surface area contributed by atoms with E-state index < -0.39 is 0 Å². The lowest BCUT2D eigenvalue weighted by atomic mass is 9.97. The van der Waals surface area contributed by atoms with Gasteiger partial charge in [0, 0.05) is 19.3 Å². The van der Waals surface area contributed by atoms with Crippen LogP contribution in [0.1, 0.15) is 37.0 Å². The average molecular weight is 356 g/mol. The summed E-state index contributed by atoms with van der Waals surface area (Å²) in [6.45, 7) is 6.39. The highest BCUT2D eigenvalue weighted by Crippen LogP contribution is 2.24. The molecule has 138 valence electrons. The Kier molecular flexibility index (Phi) is 6.87. The minimum Gasteiger partial charge on any atom is -0.369 e. The first-order chi connectivity index (χ1) is 13.2. The normalized spacial score (nSPS) is 11.6. The van der Waals surface area contributed by atoms with Crippen LogP contribution in [-0.4, -0.2) is 4.90 Å². The van der Waals surface area contributed by atoms with Crippen molar-refractivity contribution >= 4 is 5.57 Å². The molecule has 1 nitrogen and oxygen atoms in total. The van der Waals surface area contributed by atoms with Crippen LogP contribution in [0.25, 0.3) is 5.57 Å². The quantitative estimate of drug-likeness (QED) is 0.430. The van der Waals surface area contributed by atoms with Crippen molar-refractivity contribution in [3.8, 4) is 0 Å². The van der Waals surface area contributed by atoms with Crippen molar-refractivity contribution in [2.24, 2.45) is 5.92 Å². The molecule has 0 aliphatic heterocycles. The Morgan fingerprint density at radius 2 is 1.15 bits per heavy atom. The summed E-state index contributed by atoms with van der Waals surface area (Å²) in [6.07, 6.45) is 3.44.